The number of anilines is 2. The summed E-state index contributed by atoms with van der Waals surface area (Å²) < 4.78 is 22.0. The molecule has 1 aromatic carbocycles. The van der Waals surface area contributed by atoms with Gasteiger partial charge in [0.2, 0.25) is 5.91 Å². The maximum absolute atomic E-state index is 14.9. The molecule has 10 nitrogen and oxygen atoms in total. The molecule has 0 bridgehead atoms. The molecule has 5 heterocycles. The Kier molecular flexibility index (Phi) is 6.72. The van der Waals surface area contributed by atoms with Crippen LogP contribution in [0.1, 0.15) is 25.0 Å². The summed E-state index contributed by atoms with van der Waals surface area (Å²) in [6.45, 7) is 7.83. The van der Waals surface area contributed by atoms with E-state index in [9.17, 15) is 9.18 Å². The van der Waals surface area contributed by atoms with Gasteiger partial charge in [-0.25, -0.2) is 24.3 Å². The molecule has 202 valence electrons. The minimum atomic E-state index is -0.167. The number of pyridine rings is 1. The number of imidazole rings is 1. The zero-order valence-electron chi connectivity index (χ0n) is 22.1. The maximum Gasteiger partial charge on any atom is 0.316 e. The van der Waals surface area contributed by atoms with Crippen molar-refractivity contribution in [1.82, 2.24) is 29.4 Å². The van der Waals surface area contributed by atoms with Crippen LogP contribution in [0.5, 0.6) is 6.01 Å². The third-order valence-electron chi connectivity index (χ3n) is 7.55. The largest absolute Gasteiger partial charge is 0.464 e. The number of piperazine rings is 1. The predicted molar refractivity (Wildman–Crippen MR) is 145 cm³/mol. The summed E-state index contributed by atoms with van der Waals surface area (Å²) in [5.41, 5.74) is 5.13. The number of fused-ring (bicyclic) bond motifs is 2. The molecule has 1 unspecified atom stereocenters. The van der Waals surface area contributed by atoms with E-state index in [-0.39, 0.29) is 24.3 Å². The Hall–Kier alpha value is -4.28. The number of amides is 1. The normalized spacial score (nSPS) is 17.4. The van der Waals surface area contributed by atoms with Gasteiger partial charge in [-0.2, -0.15) is 0 Å². The van der Waals surface area contributed by atoms with E-state index in [2.05, 4.69) is 36.7 Å². The van der Waals surface area contributed by atoms with E-state index in [0.717, 1.165) is 28.0 Å². The van der Waals surface area contributed by atoms with Gasteiger partial charge < -0.3 is 24.0 Å². The standard InChI is InChI=1S/C28H31FN8O2/c1-3-39-28-31-13-20(14-32-28)34-10-8-21-22(16-34)25(7-6-23(21)29)35-11-12-37(19(2)15-35)26(38)17-36-18-33-24-5-4-9-30-27(24)36/h4-7,9,13-14,18-19H,3,8,10-12,15-17H2,1-2H3. The van der Waals surface area contributed by atoms with E-state index < -0.39 is 0 Å². The van der Waals surface area contributed by atoms with Crippen LogP contribution in [0.4, 0.5) is 15.8 Å². The highest BCUT2D eigenvalue weighted by molar-refractivity contribution is 5.79. The summed E-state index contributed by atoms with van der Waals surface area (Å²) >= 11 is 0. The molecule has 0 N–H and O–H groups in total. The minimum Gasteiger partial charge on any atom is -0.464 e. The lowest BCUT2D eigenvalue weighted by molar-refractivity contribution is -0.134. The highest BCUT2D eigenvalue weighted by atomic mass is 19.1. The van der Waals surface area contributed by atoms with Gasteiger partial charge in [0.25, 0.3) is 0 Å². The van der Waals surface area contributed by atoms with Crippen LogP contribution in [0.2, 0.25) is 0 Å². The number of halogens is 1. The van der Waals surface area contributed by atoms with Crippen molar-refractivity contribution in [3.63, 3.8) is 0 Å². The van der Waals surface area contributed by atoms with Gasteiger partial charge in [0.1, 0.15) is 17.9 Å². The summed E-state index contributed by atoms with van der Waals surface area (Å²) in [4.78, 5) is 37.0. The highest BCUT2D eigenvalue weighted by Crippen LogP contribution is 2.34. The highest BCUT2D eigenvalue weighted by Gasteiger charge is 2.31. The summed E-state index contributed by atoms with van der Waals surface area (Å²) in [5.74, 6) is -0.130. The molecule has 6 rings (SSSR count). The molecular weight excluding hydrogens is 499 g/mol. The molecule has 2 aliphatic heterocycles. The van der Waals surface area contributed by atoms with Gasteiger partial charge in [-0.15, -0.1) is 0 Å². The van der Waals surface area contributed by atoms with Gasteiger partial charge in [-0.3, -0.25) is 4.79 Å². The number of hydrogen-bond acceptors (Lipinski definition) is 8. The summed E-state index contributed by atoms with van der Waals surface area (Å²) in [6.07, 6.45) is 7.49. The van der Waals surface area contributed by atoms with Crippen molar-refractivity contribution in [3.05, 3.63) is 66.1 Å². The van der Waals surface area contributed by atoms with Crippen LogP contribution in [-0.2, 0) is 24.3 Å². The summed E-state index contributed by atoms with van der Waals surface area (Å²) in [5, 5.41) is 0. The lowest BCUT2D eigenvalue weighted by Crippen LogP contribution is -2.55. The molecule has 1 amide bonds. The van der Waals surface area contributed by atoms with Crippen LogP contribution in [-0.4, -0.2) is 74.1 Å². The molecule has 0 aliphatic carbocycles. The topological polar surface area (TPSA) is 92.5 Å². The average molecular weight is 531 g/mol. The smallest absolute Gasteiger partial charge is 0.316 e. The lowest BCUT2D eigenvalue weighted by atomic mass is 9.95. The first-order chi connectivity index (χ1) is 19.0. The molecule has 0 radical (unpaired) electrons. The van der Waals surface area contributed by atoms with Gasteiger partial charge >= 0.3 is 6.01 Å². The van der Waals surface area contributed by atoms with Crippen LogP contribution < -0.4 is 14.5 Å². The van der Waals surface area contributed by atoms with Crippen molar-refractivity contribution >= 4 is 28.4 Å². The summed E-state index contributed by atoms with van der Waals surface area (Å²) in [7, 11) is 0. The fourth-order valence-electron chi connectivity index (χ4n) is 5.60. The molecule has 1 saturated heterocycles. The van der Waals surface area contributed by atoms with Crippen LogP contribution in [0.15, 0.2) is 49.2 Å². The number of aromatic nitrogens is 5. The molecule has 1 fully saturated rings. The zero-order chi connectivity index (χ0) is 26.9. The summed E-state index contributed by atoms with van der Waals surface area (Å²) in [6, 6.07) is 7.52. The Labute approximate surface area is 226 Å². The maximum atomic E-state index is 14.9. The molecule has 11 heteroatoms. The second-order valence-corrected chi connectivity index (χ2v) is 9.95. The third kappa shape index (κ3) is 4.84. The number of rotatable bonds is 6. The van der Waals surface area contributed by atoms with E-state index in [0.29, 0.717) is 57.4 Å². The van der Waals surface area contributed by atoms with Gasteiger partial charge in [0, 0.05) is 56.2 Å². The average Bonchev–Trinajstić information content (AvgIpc) is 3.36. The Morgan fingerprint density at radius 3 is 2.69 bits per heavy atom. The molecular formula is C28H31FN8O2. The van der Waals surface area contributed by atoms with Crippen molar-refractivity contribution in [3.8, 4) is 6.01 Å². The minimum absolute atomic E-state index is 0.00565. The number of nitrogens with zero attached hydrogens (tertiary/aromatic N) is 8. The van der Waals surface area contributed by atoms with Crippen molar-refractivity contribution < 1.29 is 13.9 Å². The fraction of sp³-hybridized carbons (Fsp3) is 0.393. The first kappa shape index (κ1) is 25.0. The Morgan fingerprint density at radius 1 is 1.05 bits per heavy atom. The van der Waals surface area contributed by atoms with E-state index in [1.807, 2.05) is 30.0 Å². The van der Waals surface area contributed by atoms with Crippen molar-refractivity contribution in [1.29, 1.82) is 0 Å². The molecule has 0 saturated carbocycles. The second-order valence-electron chi connectivity index (χ2n) is 9.95. The van der Waals surface area contributed by atoms with E-state index in [4.69, 9.17) is 4.74 Å². The predicted octanol–water partition coefficient (Wildman–Crippen LogP) is 3.06. The second kappa shape index (κ2) is 10.5. The van der Waals surface area contributed by atoms with Gasteiger partial charge in [-0.1, -0.05) is 0 Å². The quantitative estimate of drug-likeness (QED) is 0.376. The first-order valence-electron chi connectivity index (χ1n) is 13.3. The van der Waals surface area contributed by atoms with Gasteiger partial charge in [0.15, 0.2) is 5.65 Å². The first-order valence-corrected chi connectivity index (χ1v) is 13.3. The monoisotopic (exact) mass is 530 g/mol. The van der Waals surface area contributed by atoms with Crippen molar-refractivity contribution in [2.24, 2.45) is 0 Å². The van der Waals surface area contributed by atoms with Crippen LogP contribution in [0.3, 0.4) is 0 Å². The van der Waals surface area contributed by atoms with Crippen LogP contribution in [0, 0.1) is 5.82 Å². The Bertz CT molecular complexity index is 1490. The SMILES string of the molecule is CCOc1ncc(N2CCc3c(F)ccc(N4CCN(C(=O)Cn5cnc6cccnc65)C(C)C4)c3C2)cn1. The Morgan fingerprint density at radius 2 is 1.90 bits per heavy atom. The molecule has 1 atom stereocenters. The molecule has 3 aromatic heterocycles. The van der Waals surface area contributed by atoms with E-state index >= 15 is 0 Å². The number of hydrogen-bond donors (Lipinski definition) is 0. The van der Waals surface area contributed by atoms with Crippen molar-refractivity contribution in [2.75, 3.05) is 42.6 Å². The lowest BCUT2D eigenvalue weighted by Gasteiger charge is -2.43. The van der Waals surface area contributed by atoms with Crippen LogP contribution in [0.25, 0.3) is 11.2 Å². The van der Waals surface area contributed by atoms with Gasteiger partial charge in [-0.05, 0) is 50.1 Å². The molecule has 0 spiro atoms. The van der Waals surface area contributed by atoms with E-state index in [1.165, 1.54) is 0 Å². The number of carbonyl (C=O) groups is 1. The number of benzene rings is 1. The number of ether oxygens (including phenoxy) is 1. The Balaban J connectivity index is 1.17. The van der Waals surface area contributed by atoms with Crippen molar-refractivity contribution in [2.45, 2.75) is 39.4 Å². The number of carbonyl (C=O) groups excluding carboxylic acids is 1. The van der Waals surface area contributed by atoms with Gasteiger partial charge in [0.05, 0.1) is 31.0 Å². The molecule has 4 aromatic rings. The molecule has 39 heavy (non-hydrogen) atoms. The zero-order valence-corrected chi connectivity index (χ0v) is 22.1. The third-order valence-corrected chi connectivity index (χ3v) is 7.55. The molecule has 2 aliphatic rings. The van der Waals surface area contributed by atoms with E-state index in [1.54, 1.807) is 35.6 Å². The fourth-order valence-corrected chi connectivity index (χ4v) is 5.60. The van der Waals surface area contributed by atoms with Crippen LogP contribution >= 0.6 is 0 Å².